The molecule has 0 bridgehead atoms. The zero-order valence-corrected chi connectivity index (χ0v) is 14.1. The quantitative estimate of drug-likeness (QED) is 0.789. The highest BCUT2D eigenvalue weighted by Crippen LogP contribution is 2.13. The fourth-order valence-corrected chi connectivity index (χ4v) is 3.50. The number of rotatable bonds is 6. The largest absolute Gasteiger partial charge is 0.379 e. The maximum atomic E-state index is 12.1. The van der Waals surface area contributed by atoms with E-state index < -0.39 is 0 Å². The summed E-state index contributed by atoms with van der Waals surface area (Å²) in [6.07, 6.45) is 0. The van der Waals surface area contributed by atoms with Gasteiger partial charge >= 0.3 is 0 Å². The third-order valence-corrected chi connectivity index (χ3v) is 4.90. The molecule has 0 spiro atoms. The topological polar surface area (TPSA) is 66.9 Å². The number of nitrogens with zero attached hydrogens (tertiary/aromatic N) is 3. The molecule has 1 aromatic heterocycles. The molecule has 1 amide bonds. The highest BCUT2D eigenvalue weighted by Gasteiger charge is 2.16. The molecular weight excluding hydrogens is 316 g/mol. The van der Waals surface area contributed by atoms with Gasteiger partial charge in [0.1, 0.15) is 10.7 Å². The second-order valence-corrected chi connectivity index (χ2v) is 6.67. The lowest BCUT2D eigenvalue weighted by atomic mass is 10.4. The number of thiazole rings is 1. The SMILES string of the molecule is O=C(NCCN1CCOCC1)c1csc(CN2CCOCC2)n1. The van der Waals surface area contributed by atoms with Crippen molar-refractivity contribution in [2.24, 2.45) is 0 Å². The minimum atomic E-state index is -0.0808. The lowest BCUT2D eigenvalue weighted by molar-refractivity contribution is 0.0341. The summed E-state index contributed by atoms with van der Waals surface area (Å²) in [5.74, 6) is -0.0808. The lowest BCUT2D eigenvalue weighted by Gasteiger charge is -2.26. The first-order valence-electron chi connectivity index (χ1n) is 8.14. The number of carbonyl (C=O) groups excluding carboxylic acids is 1. The van der Waals surface area contributed by atoms with Gasteiger partial charge in [-0.3, -0.25) is 14.6 Å². The number of amides is 1. The van der Waals surface area contributed by atoms with Crippen molar-refractivity contribution in [2.75, 3.05) is 65.7 Å². The van der Waals surface area contributed by atoms with E-state index in [1.165, 1.54) is 0 Å². The van der Waals surface area contributed by atoms with Gasteiger partial charge in [0, 0.05) is 44.6 Å². The zero-order valence-electron chi connectivity index (χ0n) is 13.3. The number of nitrogens with one attached hydrogen (secondary N) is 1. The highest BCUT2D eigenvalue weighted by atomic mass is 32.1. The molecular formula is C15H24N4O3S. The van der Waals surface area contributed by atoms with E-state index in [2.05, 4.69) is 20.1 Å². The summed E-state index contributed by atoms with van der Waals surface area (Å²) in [5.41, 5.74) is 0.528. The Hall–Kier alpha value is -1.06. The molecule has 7 nitrogen and oxygen atoms in total. The fourth-order valence-electron chi connectivity index (χ4n) is 2.68. The molecule has 1 N–H and O–H groups in total. The minimum Gasteiger partial charge on any atom is -0.379 e. The highest BCUT2D eigenvalue weighted by molar-refractivity contribution is 7.09. The molecule has 2 saturated heterocycles. The molecule has 0 saturated carbocycles. The Balaban J connectivity index is 1.40. The van der Waals surface area contributed by atoms with Crippen molar-refractivity contribution in [3.63, 3.8) is 0 Å². The van der Waals surface area contributed by atoms with Crippen molar-refractivity contribution < 1.29 is 14.3 Å². The number of hydrogen-bond acceptors (Lipinski definition) is 7. The van der Waals surface area contributed by atoms with Crippen LogP contribution in [0.2, 0.25) is 0 Å². The number of aromatic nitrogens is 1. The Morgan fingerprint density at radius 1 is 1.13 bits per heavy atom. The Morgan fingerprint density at radius 3 is 2.48 bits per heavy atom. The predicted octanol–water partition coefficient (Wildman–Crippen LogP) is 0.0373. The molecule has 2 aliphatic heterocycles. The number of morpholine rings is 2. The first-order valence-corrected chi connectivity index (χ1v) is 9.02. The Kier molecular flexibility index (Phi) is 6.35. The minimum absolute atomic E-state index is 0.0808. The third kappa shape index (κ3) is 5.22. The molecule has 128 valence electrons. The average Bonchev–Trinajstić information content (AvgIpc) is 3.05. The van der Waals surface area contributed by atoms with Crippen molar-refractivity contribution in [1.82, 2.24) is 20.1 Å². The maximum Gasteiger partial charge on any atom is 0.270 e. The van der Waals surface area contributed by atoms with Gasteiger partial charge in [-0.15, -0.1) is 11.3 Å². The Labute approximate surface area is 140 Å². The van der Waals surface area contributed by atoms with Crippen molar-refractivity contribution in [3.8, 4) is 0 Å². The number of ether oxygens (including phenoxy) is 2. The van der Waals surface area contributed by atoms with Gasteiger partial charge in [0.2, 0.25) is 0 Å². The van der Waals surface area contributed by atoms with Gasteiger partial charge in [0.05, 0.1) is 33.0 Å². The summed E-state index contributed by atoms with van der Waals surface area (Å²) < 4.78 is 10.7. The zero-order chi connectivity index (χ0) is 15.9. The van der Waals surface area contributed by atoms with Crippen LogP contribution in [0.3, 0.4) is 0 Å². The standard InChI is InChI=1S/C15H24N4O3S/c20-15(16-1-2-18-3-7-21-8-4-18)13-12-23-14(17-13)11-19-5-9-22-10-6-19/h12H,1-11H2,(H,16,20). The Morgan fingerprint density at radius 2 is 1.78 bits per heavy atom. The van der Waals surface area contributed by atoms with Crippen LogP contribution in [0, 0.1) is 0 Å². The van der Waals surface area contributed by atoms with Gasteiger partial charge < -0.3 is 14.8 Å². The molecule has 0 aromatic carbocycles. The summed E-state index contributed by atoms with van der Waals surface area (Å²) in [4.78, 5) is 21.2. The van der Waals surface area contributed by atoms with Gasteiger partial charge in [0.25, 0.3) is 5.91 Å². The van der Waals surface area contributed by atoms with Crippen LogP contribution in [0.1, 0.15) is 15.5 Å². The van der Waals surface area contributed by atoms with Crippen molar-refractivity contribution in [1.29, 1.82) is 0 Å². The van der Waals surface area contributed by atoms with Crippen molar-refractivity contribution in [2.45, 2.75) is 6.54 Å². The van der Waals surface area contributed by atoms with Crippen LogP contribution in [0.5, 0.6) is 0 Å². The average molecular weight is 340 g/mol. The third-order valence-electron chi connectivity index (χ3n) is 4.06. The molecule has 3 heterocycles. The summed E-state index contributed by atoms with van der Waals surface area (Å²) in [6, 6.07) is 0. The normalized spacial score (nSPS) is 20.5. The molecule has 0 atom stereocenters. The molecule has 0 radical (unpaired) electrons. The molecule has 2 fully saturated rings. The van der Waals surface area contributed by atoms with E-state index in [1.807, 2.05) is 5.38 Å². The van der Waals surface area contributed by atoms with E-state index >= 15 is 0 Å². The van der Waals surface area contributed by atoms with Crippen LogP contribution < -0.4 is 5.32 Å². The van der Waals surface area contributed by atoms with E-state index in [1.54, 1.807) is 11.3 Å². The van der Waals surface area contributed by atoms with E-state index in [4.69, 9.17) is 9.47 Å². The molecule has 0 unspecified atom stereocenters. The molecule has 2 aliphatic rings. The predicted molar refractivity (Wildman–Crippen MR) is 87.8 cm³/mol. The molecule has 3 rings (SSSR count). The van der Waals surface area contributed by atoms with E-state index in [0.717, 1.165) is 70.7 Å². The second kappa shape index (κ2) is 8.70. The van der Waals surface area contributed by atoms with Gasteiger partial charge in [-0.05, 0) is 0 Å². The van der Waals surface area contributed by atoms with Crippen molar-refractivity contribution >= 4 is 17.2 Å². The smallest absolute Gasteiger partial charge is 0.270 e. The van der Waals surface area contributed by atoms with Gasteiger partial charge in [-0.25, -0.2) is 4.98 Å². The summed E-state index contributed by atoms with van der Waals surface area (Å²) in [6.45, 7) is 9.17. The molecule has 1 aromatic rings. The number of carbonyl (C=O) groups is 1. The van der Waals surface area contributed by atoms with Crippen LogP contribution in [0.25, 0.3) is 0 Å². The van der Waals surface area contributed by atoms with Crippen LogP contribution >= 0.6 is 11.3 Å². The molecule has 23 heavy (non-hydrogen) atoms. The van der Waals surface area contributed by atoms with E-state index in [0.29, 0.717) is 12.2 Å². The fraction of sp³-hybridized carbons (Fsp3) is 0.733. The second-order valence-electron chi connectivity index (χ2n) is 5.72. The number of hydrogen-bond donors (Lipinski definition) is 1. The summed E-state index contributed by atoms with van der Waals surface area (Å²) in [7, 11) is 0. The first kappa shape index (κ1) is 16.8. The Bertz CT molecular complexity index is 499. The van der Waals surface area contributed by atoms with Crippen LogP contribution in [-0.2, 0) is 16.0 Å². The van der Waals surface area contributed by atoms with Gasteiger partial charge in [-0.2, -0.15) is 0 Å². The monoisotopic (exact) mass is 340 g/mol. The molecule has 8 heteroatoms. The summed E-state index contributed by atoms with van der Waals surface area (Å²) >= 11 is 1.55. The van der Waals surface area contributed by atoms with Crippen molar-refractivity contribution in [3.05, 3.63) is 16.1 Å². The van der Waals surface area contributed by atoms with Gasteiger partial charge in [-0.1, -0.05) is 0 Å². The van der Waals surface area contributed by atoms with Crippen LogP contribution in [0.4, 0.5) is 0 Å². The van der Waals surface area contributed by atoms with E-state index in [9.17, 15) is 4.79 Å². The molecule has 0 aliphatic carbocycles. The lowest BCUT2D eigenvalue weighted by Crippen LogP contribution is -2.41. The maximum absolute atomic E-state index is 12.1. The summed E-state index contributed by atoms with van der Waals surface area (Å²) in [5, 5.41) is 5.79. The van der Waals surface area contributed by atoms with Gasteiger partial charge in [0.15, 0.2) is 0 Å². The van der Waals surface area contributed by atoms with E-state index in [-0.39, 0.29) is 5.91 Å². The van der Waals surface area contributed by atoms with Crippen LogP contribution in [0.15, 0.2) is 5.38 Å². The van der Waals surface area contributed by atoms with Crippen LogP contribution in [-0.4, -0.2) is 86.4 Å². The first-order chi connectivity index (χ1) is 11.3.